The first-order valence-corrected chi connectivity index (χ1v) is 10.9. The number of nitrogens with one attached hydrogen (secondary N) is 1. The Labute approximate surface area is 173 Å². The van der Waals surface area contributed by atoms with Crippen molar-refractivity contribution in [2.24, 2.45) is 5.92 Å². The summed E-state index contributed by atoms with van der Waals surface area (Å²) in [4.78, 5) is 27.5. The summed E-state index contributed by atoms with van der Waals surface area (Å²) < 4.78 is 0. The van der Waals surface area contributed by atoms with E-state index in [2.05, 4.69) is 57.0 Å². The Balaban J connectivity index is 1.24. The fraction of sp³-hybridized carbons (Fsp3) is 0.522. The van der Waals surface area contributed by atoms with Crippen molar-refractivity contribution in [2.75, 3.05) is 44.2 Å². The number of anilines is 1. The second-order valence-corrected chi connectivity index (χ2v) is 8.37. The zero-order valence-electron chi connectivity index (χ0n) is 17.3. The third-order valence-corrected chi connectivity index (χ3v) is 6.52. The summed E-state index contributed by atoms with van der Waals surface area (Å²) in [6.07, 6.45) is 6.93. The van der Waals surface area contributed by atoms with Crippen molar-refractivity contribution in [3.63, 3.8) is 0 Å². The van der Waals surface area contributed by atoms with E-state index in [4.69, 9.17) is 0 Å². The highest BCUT2D eigenvalue weighted by atomic mass is 16.2. The molecule has 0 radical (unpaired) electrons. The Morgan fingerprint density at radius 3 is 2.34 bits per heavy atom. The van der Waals surface area contributed by atoms with Crippen molar-refractivity contribution in [2.45, 2.75) is 32.2 Å². The summed E-state index contributed by atoms with van der Waals surface area (Å²) in [5.41, 5.74) is 1.41. The molecule has 154 valence electrons. The van der Waals surface area contributed by atoms with Crippen LogP contribution >= 0.6 is 0 Å². The Bertz CT molecular complexity index is 768. The van der Waals surface area contributed by atoms with Crippen LogP contribution < -0.4 is 9.80 Å². The van der Waals surface area contributed by atoms with Crippen LogP contribution in [0.1, 0.15) is 25.3 Å². The van der Waals surface area contributed by atoms with Crippen molar-refractivity contribution in [3.8, 4) is 0 Å². The van der Waals surface area contributed by atoms with Gasteiger partial charge < -0.3 is 14.7 Å². The van der Waals surface area contributed by atoms with Gasteiger partial charge in [0.15, 0.2) is 6.04 Å². The Morgan fingerprint density at radius 1 is 1.03 bits per heavy atom. The van der Waals surface area contributed by atoms with E-state index in [-0.39, 0.29) is 6.04 Å². The van der Waals surface area contributed by atoms with Crippen LogP contribution in [0.15, 0.2) is 48.8 Å². The van der Waals surface area contributed by atoms with Gasteiger partial charge in [0, 0.05) is 25.5 Å². The smallest absolute Gasteiger partial charge is 0.280 e. The predicted octanol–water partition coefficient (Wildman–Crippen LogP) is 1.05. The van der Waals surface area contributed by atoms with Gasteiger partial charge in [0.1, 0.15) is 0 Å². The fourth-order valence-electron chi connectivity index (χ4n) is 4.63. The van der Waals surface area contributed by atoms with Crippen molar-refractivity contribution in [3.05, 3.63) is 54.4 Å². The van der Waals surface area contributed by atoms with E-state index in [1.807, 2.05) is 6.07 Å². The molecular weight excluding hydrogens is 362 g/mol. The number of likely N-dealkylation sites (tertiary alicyclic amines) is 1. The molecule has 2 aromatic rings. The Kier molecular flexibility index (Phi) is 6.39. The van der Waals surface area contributed by atoms with Gasteiger partial charge in [-0.25, -0.2) is 9.97 Å². The molecule has 0 saturated carbocycles. The second kappa shape index (κ2) is 9.35. The van der Waals surface area contributed by atoms with Crippen LogP contribution in [0, 0.1) is 5.92 Å². The number of piperazine rings is 1. The molecule has 0 bridgehead atoms. The topological polar surface area (TPSA) is 53.8 Å². The number of carbonyl (C=O) groups excluding carboxylic acids is 1. The molecule has 6 heteroatoms. The van der Waals surface area contributed by atoms with Crippen LogP contribution in [0.25, 0.3) is 0 Å². The summed E-state index contributed by atoms with van der Waals surface area (Å²) in [5, 5.41) is 0. The highest BCUT2D eigenvalue weighted by Gasteiger charge is 2.34. The second-order valence-electron chi connectivity index (χ2n) is 8.37. The zero-order valence-corrected chi connectivity index (χ0v) is 17.3. The molecule has 0 unspecified atom stereocenters. The van der Waals surface area contributed by atoms with Crippen molar-refractivity contribution < 1.29 is 9.69 Å². The van der Waals surface area contributed by atoms with Crippen LogP contribution in [0.2, 0.25) is 0 Å². The highest BCUT2D eigenvalue weighted by Crippen LogP contribution is 2.22. The highest BCUT2D eigenvalue weighted by molar-refractivity contribution is 5.80. The molecule has 0 spiro atoms. The standard InChI is InChI=1S/C23H31N5O/c1-19(26-14-16-28(17-15-26)23-24-10-5-11-25-23)22(29)27-12-8-21(9-13-27)18-20-6-3-2-4-7-20/h2-7,10-11,19,21H,8-9,12-18H2,1H3/p+1/t19-/m1/s1. The molecule has 2 aliphatic rings. The normalized spacial score (nSPS) is 19.9. The van der Waals surface area contributed by atoms with Gasteiger partial charge in [0.2, 0.25) is 5.95 Å². The molecule has 1 amide bonds. The lowest BCUT2D eigenvalue weighted by molar-refractivity contribution is -0.915. The molecule has 1 N–H and O–H groups in total. The van der Waals surface area contributed by atoms with E-state index < -0.39 is 0 Å². The number of benzene rings is 1. The van der Waals surface area contributed by atoms with Crippen LogP contribution in [0.3, 0.4) is 0 Å². The van der Waals surface area contributed by atoms with Crippen molar-refractivity contribution in [1.29, 1.82) is 0 Å². The first-order valence-electron chi connectivity index (χ1n) is 10.9. The van der Waals surface area contributed by atoms with Gasteiger partial charge in [-0.15, -0.1) is 0 Å². The van der Waals surface area contributed by atoms with Gasteiger partial charge in [0.05, 0.1) is 26.2 Å². The minimum absolute atomic E-state index is 0.0273. The SMILES string of the molecule is C[C@H](C(=O)N1CCC(Cc2ccccc2)CC1)[NH+]1CCN(c2ncccn2)CC1. The molecule has 2 fully saturated rings. The average Bonchev–Trinajstić information content (AvgIpc) is 2.80. The molecule has 0 aliphatic carbocycles. The molecule has 4 rings (SSSR count). The van der Waals surface area contributed by atoms with E-state index in [0.717, 1.165) is 64.5 Å². The number of aromatic nitrogens is 2. The summed E-state index contributed by atoms with van der Waals surface area (Å²) in [7, 11) is 0. The number of rotatable bonds is 5. The average molecular weight is 395 g/mol. The number of quaternary nitrogens is 1. The molecular formula is C23H32N5O+. The van der Waals surface area contributed by atoms with E-state index in [1.165, 1.54) is 10.5 Å². The fourth-order valence-corrected chi connectivity index (χ4v) is 4.63. The van der Waals surface area contributed by atoms with Gasteiger partial charge in [-0.2, -0.15) is 0 Å². The number of hydrogen-bond donors (Lipinski definition) is 1. The van der Waals surface area contributed by atoms with E-state index >= 15 is 0 Å². The van der Waals surface area contributed by atoms with Crippen LogP contribution in [-0.2, 0) is 11.2 Å². The molecule has 6 nitrogen and oxygen atoms in total. The summed E-state index contributed by atoms with van der Waals surface area (Å²) in [6.45, 7) is 7.61. The molecule has 1 aromatic carbocycles. The van der Waals surface area contributed by atoms with E-state index in [1.54, 1.807) is 12.4 Å². The zero-order chi connectivity index (χ0) is 20.1. The lowest BCUT2D eigenvalue weighted by Gasteiger charge is -2.38. The summed E-state index contributed by atoms with van der Waals surface area (Å²) in [6, 6.07) is 12.6. The molecule has 2 saturated heterocycles. The first kappa shape index (κ1) is 19.8. The predicted molar refractivity (Wildman–Crippen MR) is 114 cm³/mol. The number of carbonyl (C=O) groups is 1. The van der Waals surface area contributed by atoms with E-state index in [0.29, 0.717) is 11.8 Å². The molecule has 1 atom stereocenters. The van der Waals surface area contributed by atoms with Crippen LogP contribution in [0.4, 0.5) is 5.95 Å². The minimum Gasteiger partial charge on any atom is -0.338 e. The summed E-state index contributed by atoms with van der Waals surface area (Å²) >= 11 is 0. The molecule has 2 aliphatic heterocycles. The van der Waals surface area contributed by atoms with Gasteiger partial charge in [-0.05, 0) is 43.7 Å². The molecule has 1 aromatic heterocycles. The van der Waals surface area contributed by atoms with Crippen molar-refractivity contribution in [1.82, 2.24) is 14.9 Å². The third-order valence-electron chi connectivity index (χ3n) is 6.52. The number of amides is 1. The lowest BCUT2D eigenvalue weighted by Crippen LogP contribution is -3.19. The van der Waals surface area contributed by atoms with Gasteiger partial charge >= 0.3 is 0 Å². The first-order chi connectivity index (χ1) is 14.2. The lowest BCUT2D eigenvalue weighted by atomic mass is 9.90. The van der Waals surface area contributed by atoms with Gasteiger partial charge in [-0.1, -0.05) is 30.3 Å². The Morgan fingerprint density at radius 2 is 1.69 bits per heavy atom. The number of nitrogens with zero attached hydrogens (tertiary/aromatic N) is 4. The summed E-state index contributed by atoms with van der Waals surface area (Å²) in [5.74, 6) is 1.81. The van der Waals surface area contributed by atoms with Crippen molar-refractivity contribution >= 4 is 11.9 Å². The monoisotopic (exact) mass is 394 g/mol. The number of piperidine rings is 1. The van der Waals surface area contributed by atoms with Crippen LogP contribution in [-0.4, -0.2) is 66.1 Å². The van der Waals surface area contributed by atoms with E-state index in [9.17, 15) is 4.79 Å². The van der Waals surface area contributed by atoms with Gasteiger partial charge in [0.25, 0.3) is 5.91 Å². The minimum atomic E-state index is 0.0273. The number of hydrogen-bond acceptors (Lipinski definition) is 4. The maximum absolute atomic E-state index is 13.1. The van der Waals surface area contributed by atoms with Gasteiger partial charge in [-0.3, -0.25) is 4.79 Å². The van der Waals surface area contributed by atoms with Crippen LogP contribution in [0.5, 0.6) is 0 Å². The third kappa shape index (κ3) is 4.93. The molecule has 3 heterocycles. The largest absolute Gasteiger partial charge is 0.338 e. The molecule has 29 heavy (non-hydrogen) atoms. The maximum Gasteiger partial charge on any atom is 0.280 e. The quantitative estimate of drug-likeness (QED) is 0.824. The Hall–Kier alpha value is -2.47. The maximum atomic E-state index is 13.1.